The molecule has 4 rings (SSSR count). The Kier molecular flexibility index (Phi) is 21.2. The smallest absolute Gasteiger partial charge is 0.407 e. The molecule has 1 aliphatic rings. The van der Waals surface area contributed by atoms with Gasteiger partial charge in [0.25, 0.3) is 0 Å². The summed E-state index contributed by atoms with van der Waals surface area (Å²) in [4.78, 5) is 30.5. The SMILES string of the molecule is CCNC(=O)C[C@@H]1N=C(c2ccc(Cl)cc2)c2cc(OCCOCCOCCOCCOCCOCCOCCOCCN(C(=O)O)C(C)(C)C)ccc2-n2c(C)nnc21. The summed E-state index contributed by atoms with van der Waals surface area (Å²) in [6.07, 6.45) is -0.837. The van der Waals surface area contributed by atoms with Crippen LogP contribution in [-0.4, -0.2) is 160 Å². The van der Waals surface area contributed by atoms with E-state index in [-0.39, 0.29) is 12.3 Å². The third-order valence-corrected chi connectivity index (χ3v) is 9.25. The van der Waals surface area contributed by atoms with Gasteiger partial charge in [-0.25, -0.2) is 4.79 Å². The summed E-state index contributed by atoms with van der Waals surface area (Å²) in [5.74, 6) is 1.80. The van der Waals surface area contributed by atoms with Crippen LogP contribution in [-0.2, 0) is 38.0 Å². The number of aromatic nitrogens is 3. The maximum absolute atomic E-state index is 12.7. The van der Waals surface area contributed by atoms with E-state index in [1.807, 2.05) is 81.7 Å². The first-order valence-corrected chi connectivity index (χ1v) is 20.7. The van der Waals surface area contributed by atoms with Crippen LogP contribution in [0, 0.1) is 6.92 Å². The number of halogens is 1. The van der Waals surface area contributed by atoms with Gasteiger partial charge in [-0.15, -0.1) is 10.2 Å². The zero-order valence-corrected chi connectivity index (χ0v) is 36.2. The highest BCUT2D eigenvalue weighted by Crippen LogP contribution is 2.34. The molecule has 2 heterocycles. The van der Waals surface area contributed by atoms with E-state index in [0.29, 0.717) is 140 Å². The summed E-state index contributed by atoms with van der Waals surface area (Å²) in [6.45, 7) is 16.3. The van der Waals surface area contributed by atoms with E-state index in [1.165, 1.54) is 4.90 Å². The van der Waals surface area contributed by atoms with Crippen LogP contribution >= 0.6 is 11.6 Å². The average molecular weight is 861 g/mol. The summed E-state index contributed by atoms with van der Waals surface area (Å²) in [5, 5.41) is 21.5. The fourth-order valence-electron chi connectivity index (χ4n) is 6.10. The van der Waals surface area contributed by atoms with E-state index in [2.05, 4.69) is 15.5 Å². The number of carboxylic acid groups (broad SMARTS) is 1. The molecule has 0 spiro atoms. The molecule has 0 saturated carbocycles. The Balaban J connectivity index is 1.04. The van der Waals surface area contributed by atoms with E-state index >= 15 is 0 Å². The number of nitrogens with zero attached hydrogens (tertiary/aromatic N) is 5. The van der Waals surface area contributed by atoms with Crippen molar-refractivity contribution in [3.63, 3.8) is 0 Å². The lowest BCUT2D eigenvalue weighted by Crippen LogP contribution is -2.46. The van der Waals surface area contributed by atoms with Crippen LogP contribution in [0.15, 0.2) is 47.5 Å². The minimum Gasteiger partial charge on any atom is -0.491 e. The Morgan fingerprint density at radius 1 is 0.767 bits per heavy atom. The number of nitrogens with one attached hydrogen (secondary N) is 1. The molecule has 1 aromatic heterocycles. The molecule has 332 valence electrons. The van der Waals surface area contributed by atoms with Crippen molar-refractivity contribution in [2.75, 3.05) is 112 Å². The van der Waals surface area contributed by atoms with Crippen molar-refractivity contribution in [2.24, 2.45) is 4.99 Å². The highest BCUT2D eigenvalue weighted by atomic mass is 35.5. The van der Waals surface area contributed by atoms with Crippen molar-refractivity contribution in [2.45, 2.75) is 52.6 Å². The van der Waals surface area contributed by atoms with Crippen LogP contribution in [0.25, 0.3) is 5.69 Å². The van der Waals surface area contributed by atoms with E-state index < -0.39 is 17.7 Å². The van der Waals surface area contributed by atoms with Gasteiger partial charge < -0.3 is 53.2 Å². The van der Waals surface area contributed by atoms with Crippen molar-refractivity contribution in [1.82, 2.24) is 25.0 Å². The second-order valence-corrected chi connectivity index (χ2v) is 15.0. The second kappa shape index (κ2) is 26.2. The zero-order chi connectivity index (χ0) is 43.2. The highest BCUT2D eigenvalue weighted by molar-refractivity contribution is 6.30. The van der Waals surface area contributed by atoms with Crippen LogP contribution in [0.1, 0.15) is 62.9 Å². The molecule has 2 aromatic carbocycles. The zero-order valence-electron chi connectivity index (χ0n) is 35.5. The van der Waals surface area contributed by atoms with Gasteiger partial charge in [0.1, 0.15) is 24.2 Å². The maximum Gasteiger partial charge on any atom is 0.407 e. The fourth-order valence-corrected chi connectivity index (χ4v) is 6.22. The van der Waals surface area contributed by atoms with Crippen LogP contribution in [0.3, 0.4) is 0 Å². The van der Waals surface area contributed by atoms with Gasteiger partial charge in [0.2, 0.25) is 5.91 Å². The number of carbonyl (C=O) groups is 2. The molecule has 0 fully saturated rings. The Hall–Kier alpha value is -4.20. The third-order valence-electron chi connectivity index (χ3n) is 9.00. The average Bonchev–Trinajstić information content (AvgIpc) is 3.53. The van der Waals surface area contributed by atoms with Gasteiger partial charge in [-0.3, -0.25) is 14.4 Å². The molecule has 60 heavy (non-hydrogen) atoms. The largest absolute Gasteiger partial charge is 0.491 e. The number of benzene rings is 2. The summed E-state index contributed by atoms with van der Waals surface area (Å²) >= 11 is 6.23. The normalized spacial score (nSPS) is 13.6. The summed E-state index contributed by atoms with van der Waals surface area (Å²) in [6, 6.07) is 12.7. The Bertz CT molecular complexity index is 1770. The van der Waals surface area contributed by atoms with E-state index in [4.69, 9.17) is 54.5 Å². The van der Waals surface area contributed by atoms with Crippen molar-refractivity contribution in [1.29, 1.82) is 0 Å². The van der Waals surface area contributed by atoms with Crippen LogP contribution in [0.5, 0.6) is 5.75 Å². The standard InChI is InChI=1S/C42H61ClN6O11/c1-6-44-38(50)30-36-40-47-46-31(2)49(40)37-12-11-34(29-35(37)39(45-36)32-7-9-33(43)10-8-32)60-28-27-59-26-25-58-24-23-57-22-21-56-20-19-55-18-17-54-16-15-53-14-13-48(41(51)52)42(3,4)5/h7-12,29,36H,6,13-28,30H2,1-5H3,(H,44,50)(H,51,52)/t36-/m0/s1. The van der Waals surface area contributed by atoms with Gasteiger partial charge in [0.15, 0.2) is 5.82 Å². The van der Waals surface area contributed by atoms with Gasteiger partial charge in [-0.05, 0) is 65.0 Å². The van der Waals surface area contributed by atoms with Crippen LogP contribution < -0.4 is 10.1 Å². The predicted molar refractivity (Wildman–Crippen MR) is 225 cm³/mol. The Labute approximate surface area is 357 Å². The van der Waals surface area contributed by atoms with E-state index in [9.17, 15) is 14.7 Å². The molecule has 18 heteroatoms. The van der Waals surface area contributed by atoms with Gasteiger partial charge in [-0.1, -0.05) is 23.7 Å². The van der Waals surface area contributed by atoms with Gasteiger partial charge >= 0.3 is 6.09 Å². The molecule has 0 aliphatic carbocycles. The lowest BCUT2D eigenvalue weighted by molar-refractivity contribution is -0.121. The number of rotatable bonds is 29. The number of amides is 2. The molecular formula is C42H61ClN6O11. The summed E-state index contributed by atoms with van der Waals surface area (Å²) < 4.78 is 46.9. The van der Waals surface area contributed by atoms with Crippen molar-refractivity contribution >= 4 is 29.3 Å². The monoisotopic (exact) mass is 860 g/mol. The van der Waals surface area contributed by atoms with E-state index in [1.54, 1.807) is 0 Å². The first-order chi connectivity index (χ1) is 29.0. The number of hydrogen-bond donors (Lipinski definition) is 2. The van der Waals surface area contributed by atoms with Gasteiger partial charge in [0.05, 0.1) is 110 Å². The predicted octanol–water partition coefficient (Wildman–Crippen LogP) is 4.92. The number of fused-ring (bicyclic) bond motifs is 3. The molecular weight excluding hydrogens is 800 g/mol. The molecule has 0 bridgehead atoms. The lowest BCUT2D eigenvalue weighted by atomic mass is 10.00. The van der Waals surface area contributed by atoms with Crippen LogP contribution in [0.2, 0.25) is 5.02 Å². The third kappa shape index (κ3) is 16.3. The summed E-state index contributed by atoms with van der Waals surface area (Å²) in [7, 11) is 0. The highest BCUT2D eigenvalue weighted by Gasteiger charge is 2.30. The molecule has 3 aromatic rings. The molecule has 2 amide bonds. The number of aryl methyl sites for hydroxylation is 1. The molecule has 2 N–H and O–H groups in total. The van der Waals surface area contributed by atoms with Crippen molar-refractivity contribution in [3.05, 3.63) is 70.3 Å². The number of aliphatic imine (C=N–C) groups is 1. The molecule has 17 nitrogen and oxygen atoms in total. The van der Waals surface area contributed by atoms with Crippen LogP contribution in [0.4, 0.5) is 4.79 Å². The minimum atomic E-state index is -0.960. The van der Waals surface area contributed by atoms with E-state index in [0.717, 1.165) is 16.8 Å². The molecule has 0 saturated heterocycles. The molecule has 0 unspecified atom stereocenters. The molecule has 0 radical (unpaired) electrons. The Morgan fingerprint density at radius 2 is 1.28 bits per heavy atom. The molecule has 1 aliphatic heterocycles. The van der Waals surface area contributed by atoms with Gasteiger partial charge in [0, 0.05) is 34.8 Å². The van der Waals surface area contributed by atoms with Gasteiger partial charge in [-0.2, -0.15) is 0 Å². The fraction of sp³-hybridized carbons (Fsp3) is 0.595. The number of hydrogen-bond acceptors (Lipinski definition) is 13. The van der Waals surface area contributed by atoms with Crippen molar-refractivity contribution < 1.29 is 52.6 Å². The second-order valence-electron chi connectivity index (χ2n) is 14.5. The maximum atomic E-state index is 12.7. The summed E-state index contributed by atoms with van der Waals surface area (Å²) in [5.41, 5.74) is 2.72. The van der Waals surface area contributed by atoms with Crippen molar-refractivity contribution in [3.8, 4) is 11.4 Å². The topological polar surface area (TPSA) is 187 Å². The molecule has 1 atom stereocenters. The lowest BCUT2D eigenvalue weighted by Gasteiger charge is -2.32. The minimum absolute atomic E-state index is 0.121. The Morgan fingerprint density at radius 3 is 1.78 bits per heavy atom. The number of ether oxygens (including phenoxy) is 8. The first-order valence-electron chi connectivity index (χ1n) is 20.3. The number of carbonyl (C=O) groups excluding carboxylic acids is 1. The first kappa shape index (κ1) is 48.5. The quantitative estimate of drug-likeness (QED) is 0.0898.